The topological polar surface area (TPSA) is 52.6 Å². The Morgan fingerprint density at radius 2 is 1.84 bits per heavy atom. The highest BCUT2D eigenvalue weighted by atomic mass is 16.2. The maximum absolute atomic E-state index is 12.7. The van der Waals surface area contributed by atoms with E-state index < -0.39 is 0 Å². The van der Waals surface area contributed by atoms with Crippen molar-refractivity contribution in [3.05, 3.63) is 24.0 Å². The van der Waals surface area contributed by atoms with Crippen LogP contribution in [0.15, 0.2) is 18.5 Å². The number of nitrogens with zero attached hydrogens (tertiary/aromatic N) is 5. The smallest absolute Gasteiger partial charge is 0.246 e. The monoisotopic (exact) mass is 343 g/mol. The molecule has 1 aromatic rings. The minimum Gasteiger partial charge on any atom is -0.347 e. The first-order valence-electron chi connectivity index (χ1n) is 9.34. The molecule has 0 N–H and O–H groups in total. The molecule has 6 heteroatoms. The number of amides is 1. The van der Waals surface area contributed by atoms with Gasteiger partial charge >= 0.3 is 0 Å². The minimum atomic E-state index is 0.112. The normalized spacial score (nSPS) is 21.8. The Morgan fingerprint density at radius 3 is 2.52 bits per heavy atom. The predicted octanol–water partition coefficient (Wildman–Crippen LogP) is 2.03. The van der Waals surface area contributed by atoms with Crippen molar-refractivity contribution < 1.29 is 4.79 Å². The number of carbonyl (C=O) groups is 1. The van der Waals surface area contributed by atoms with Crippen molar-refractivity contribution in [3.63, 3.8) is 0 Å². The molecule has 2 aliphatic rings. The molecule has 3 heterocycles. The molecular weight excluding hydrogens is 314 g/mol. The molecule has 2 fully saturated rings. The summed E-state index contributed by atoms with van der Waals surface area (Å²) in [6.45, 7) is 4.27. The molecule has 2 aliphatic heterocycles. The lowest BCUT2D eigenvalue weighted by atomic mass is 10.0. The highest BCUT2D eigenvalue weighted by Gasteiger charge is 2.27. The summed E-state index contributed by atoms with van der Waals surface area (Å²) >= 11 is 0. The number of hydrogen-bond donors (Lipinski definition) is 0. The number of rotatable bonds is 5. The molecule has 25 heavy (non-hydrogen) atoms. The van der Waals surface area contributed by atoms with Crippen molar-refractivity contribution in [2.45, 2.75) is 38.1 Å². The Morgan fingerprint density at radius 1 is 1.16 bits per heavy atom. The van der Waals surface area contributed by atoms with Gasteiger partial charge in [-0.25, -0.2) is 9.97 Å². The summed E-state index contributed by atoms with van der Waals surface area (Å²) < 4.78 is 0. The van der Waals surface area contributed by atoms with Gasteiger partial charge in [0.1, 0.15) is 0 Å². The predicted molar refractivity (Wildman–Crippen MR) is 100 cm³/mol. The standard InChI is InChI=1S/C19H29N5O/c1-22(2)19-20-13-16(14-21-19)8-9-18(25)24-12-4-3-7-17(24)15-23-10-5-6-11-23/h8-9,13-14,17H,3-7,10-12,15H2,1-2H3/b9-8+. The molecule has 0 saturated carbocycles. The van der Waals surface area contributed by atoms with Crippen LogP contribution in [0.3, 0.4) is 0 Å². The fourth-order valence-electron chi connectivity index (χ4n) is 3.66. The average molecular weight is 343 g/mol. The van der Waals surface area contributed by atoms with E-state index in [2.05, 4.69) is 19.8 Å². The maximum atomic E-state index is 12.7. The summed E-state index contributed by atoms with van der Waals surface area (Å²) in [5, 5.41) is 0. The van der Waals surface area contributed by atoms with Crippen LogP contribution in [0.2, 0.25) is 0 Å². The van der Waals surface area contributed by atoms with Crippen LogP contribution in [0.4, 0.5) is 5.95 Å². The van der Waals surface area contributed by atoms with Crippen LogP contribution in [0, 0.1) is 0 Å². The van der Waals surface area contributed by atoms with E-state index in [9.17, 15) is 4.79 Å². The van der Waals surface area contributed by atoms with Gasteiger partial charge in [0.2, 0.25) is 11.9 Å². The summed E-state index contributed by atoms with van der Waals surface area (Å²) in [6.07, 6.45) is 13.1. The molecule has 0 spiro atoms. The minimum absolute atomic E-state index is 0.112. The molecule has 136 valence electrons. The van der Waals surface area contributed by atoms with E-state index in [0.717, 1.165) is 31.5 Å². The number of anilines is 1. The molecule has 0 aromatic carbocycles. The summed E-state index contributed by atoms with van der Waals surface area (Å²) in [4.78, 5) is 27.7. The lowest BCUT2D eigenvalue weighted by molar-refractivity contribution is -0.129. The Bertz CT molecular complexity index is 592. The summed E-state index contributed by atoms with van der Waals surface area (Å²) in [6, 6.07) is 0.358. The van der Waals surface area contributed by atoms with Gasteiger partial charge in [0.15, 0.2) is 0 Å². The van der Waals surface area contributed by atoms with E-state index in [0.29, 0.717) is 12.0 Å². The third kappa shape index (κ3) is 4.78. The zero-order valence-electron chi connectivity index (χ0n) is 15.4. The molecular formula is C19H29N5O. The zero-order valence-corrected chi connectivity index (χ0v) is 15.4. The lowest BCUT2D eigenvalue weighted by Gasteiger charge is -2.37. The van der Waals surface area contributed by atoms with Gasteiger partial charge in [-0.05, 0) is 51.3 Å². The molecule has 1 aromatic heterocycles. The first-order chi connectivity index (χ1) is 12.1. The molecule has 1 atom stereocenters. The number of hydrogen-bond acceptors (Lipinski definition) is 5. The van der Waals surface area contributed by atoms with Gasteiger partial charge in [0.05, 0.1) is 0 Å². The molecule has 0 radical (unpaired) electrons. The summed E-state index contributed by atoms with van der Waals surface area (Å²) in [7, 11) is 3.82. The molecule has 0 bridgehead atoms. The number of aromatic nitrogens is 2. The van der Waals surface area contributed by atoms with Crippen LogP contribution in [0.1, 0.15) is 37.7 Å². The van der Waals surface area contributed by atoms with E-state index >= 15 is 0 Å². The largest absolute Gasteiger partial charge is 0.347 e. The summed E-state index contributed by atoms with van der Waals surface area (Å²) in [5.41, 5.74) is 0.854. The van der Waals surface area contributed by atoms with Gasteiger partial charge in [0, 0.05) is 57.3 Å². The van der Waals surface area contributed by atoms with Gasteiger partial charge < -0.3 is 14.7 Å². The van der Waals surface area contributed by atoms with Crippen LogP contribution >= 0.6 is 0 Å². The van der Waals surface area contributed by atoms with Crippen molar-refractivity contribution in [2.24, 2.45) is 0 Å². The Labute approximate surface area is 150 Å². The first kappa shape index (κ1) is 17.9. The van der Waals surface area contributed by atoms with Crippen molar-refractivity contribution >= 4 is 17.9 Å². The maximum Gasteiger partial charge on any atom is 0.246 e. The number of carbonyl (C=O) groups excluding carboxylic acids is 1. The molecule has 0 aliphatic carbocycles. The SMILES string of the molecule is CN(C)c1ncc(/C=C/C(=O)N2CCCCC2CN2CCCC2)cn1. The second-order valence-electron chi connectivity index (χ2n) is 7.23. The highest BCUT2D eigenvalue weighted by molar-refractivity contribution is 5.92. The van der Waals surface area contributed by atoms with Crippen LogP contribution < -0.4 is 4.90 Å². The van der Waals surface area contributed by atoms with Crippen LogP contribution in [0.5, 0.6) is 0 Å². The number of likely N-dealkylation sites (tertiary alicyclic amines) is 2. The van der Waals surface area contributed by atoms with Crippen LogP contribution in [0.25, 0.3) is 6.08 Å². The van der Waals surface area contributed by atoms with Crippen molar-refractivity contribution in [1.29, 1.82) is 0 Å². The van der Waals surface area contributed by atoms with E-state index in [1.807, 2.05) is 25.1 Å². The van der Waals surface area contributed by atoms with E-state index in [1.165, 1.54) is 32.4 Å². The van der Waals surface area contributed by atoms with Gasteiger partial charge in [0.25, 0.3) is 0 Å². The van der Waals surface area contributed by atoms with Gasteiger partial charge in [-0.3, -0.25) is 4.79 Å². The van der Waals surface area contributed by atoms with E-state index in [4.69, 9.17) is 0 Å². The first-order valence-corrected chi connectivity index (χ1v) is 9.34. The second-order valence-corrected chi connectivity index (χ2v) is 7.23. The van der Waals surface area contributed by atoms with Crippen molar-refractivity contribution in [2.75, 3.05) is 45.2 Å². The third-order valence-corrected chi connectivity index (χ3v) is 5.05. The van der Waals surface area contributed by atoms with Crippen molar-refractivity contribution in [3.8, 4) is 0 Å². The van der Waals surface area contributed by atoms with Crippen LogP contribution in [-0.2, 0) is 4.79 Å². The third-order valence-electron chi connectivity index (χ3n) is 5.05. The Kier molecular flexibility index (Phi) is 6.02. The fraction of sp³-hybridized carbons (Fsp3) is 0.632. The quantitative estimate of drug-likeness (QED) is 0.766. The van der Waals surface area contributed by atoms with Crippen LogP contribution in [-0.4, -0.2) is 72.0 Å². The second kappa shape index (κ2) is 8.43. The van der Waals surface area contributed by atoms with Crippen molar-refractivity contribution in [1.82, 2.24) is 19.8 Å². The van der Waals surface area contributed by atoms with Gasteiger partial charge in [-0.2, -0.15) is 0 Å². The molecule has 1 unspecified atom stereocenters. The van der Waals surface area contributed by atoms with Gasteiger partial charge in [-0.15, -0.1) is 0 Å². The molecule has 2 saturated heterocycles. The zero-order chi connectivity index (χ0) is 17.6. The fourth-order valence-corrected chi connectivity index (χ4v) is 3.66. The molecule has 1 amide bonds. The Hall–Kier alpha value is -1.95. The Balaban J connectivity index is 1.61. The lowest BCUT2D eigenvalue weighted by Crippen LogP contribution is -2.48. The molecule has 6 nitrogen and oxygen atoms in total. The van der Waals surface area contributed by atoms with E-state index in [-0.39, 0.29) is 5.91 Å². The number of piperidine rings is 1. The average Bonchev–Trinajstić information content (AvgIpc) is 3.13. The summed E-state index contributed by atoms with van der Waals surface area (Å²) in [5.74, 6) is 0.783. The highest BCUT2D eigenvalue weighted by Crippen LogP contribution is 2.20. The van der Waals surface area contributed by atoms with E-state index in [1.54, 1.807) is 18.5 Å². The van der Waals surface area contributed by atoms with Gasteiger partial charge in [-0.1, -0.05) is 0 Å². The molecule has 3 rings (SSSR count).